The lowest BCUT2D eigenvalue weighted by atomic mass is 9.95. The van der Waals surface area contributed by atoms with Crippen molar-refractivity contribution < 1.29 is 5.11 Å². The second kappa shape index (κ2) is 4.37. The van der Waals surface area contributed by atoms with Gasteiger partial charge in [-0.3, -0.25) is 4.90 Å². The van der Waals surface area contributed by atoms with Crippen LogP contribution in [0.25, 0.3) is 5.65 Å². The lowest BCUT2D eigenvalue weighted by Crippen LogP contribution is -2.45. The third-order valence-corrected chi connectivity index (χ3v) is 3.55. The first-order valence-electron chi connectivity index (χ1n) is 6.50. The Labute approximate surface area is 107 Å². The highest BCUT2D eigenvalue weighted by molar-refractivity contribution is 5.39. The van der Waals surface area contributed by atoms with Gasteiger partial charge < -0.3 is 9.51 Å². The molecule has 18 heavy (non-hydrogen) atoms. The molecule has 0 bridgehead atoms. The van der Waals surface area contributed by atoms with Crippen LogP contribution in [0, 0.1) is 0 Å². The monoisotopic (exact) mass is 245 g/mol. The van der Waals surface area contributed by atoms with Gasteiger partial charge in [0.15, 0.2) is 0 Å². The standard InChI is InChI=1S/C14H19N3O/c1-14(18)6-4-7-16(11-14)9-12-10-17-8-3-2-5-13(17)15-12/h2-3,5,8,10,18H,4,6-7,9,11H2,1H3. The predicted octanol–water partition coefficient (Wildman–Crippen LogP) is 1.68. The minimum absolute atomic E-state index is 0.544. The number of hydrogen-bond donors (Lipinski definition) is 1. The molecule has 0 aliphatic carbocycles. The maximum absolute atomic E-state index is 10.1. The fraction of sp³-hybridized carbons (Fsp3) is 0.500. The molecule has 96 valence electrons. The van der Waals surface area contributed by atoms with Crippen LogP contribution >= 0.6 is 0 Å². The highest BCUT2D eigenvalue weighted by atomic mass is 16.3. The summed E-state index contributed by atoms with van der Waals surface area (Å²) in [6.45, 7) is 4.52. The number of imidazole rings is 1. The van der Waals surface area contributed by atoms with Crippen molar-refractivity contribution in [2.45, 2.75) is 31.9 Å². The summed E-state index contributed by atoms with van der Waals surface area (Å²) in [6, 6.07) is 6.01. The number of nitrogens with zero attached hydrogens (tertiary/aromatic N) is 3. The fourth-order valence-electron chi connectivity index (χ4n) is 2.75. The number of piperidine rings is 1. The highest BCUT2D eigenvalue weighted by Crippen LogP contribution is 2.21. The number of aromatic nitrogens is 2. The Balaban J connectivity index is 1.76. The van der Waals surface area contributed by atoms with Crippen molar-refractivity contribution in [3.05, 3.63) is 36.3 Å². The Morgan fingerprint density at radius 1 is 1.44 bits per heavy atom. The zero-order valence-electron chi connectivity index (χ0n) is 10.7. The summed E-state index contributed by atoms with van der Waals surface area (Å²) < 4.78 is 2.04. The van der Waals surface area contributed by atoms with Gasteiger partial charge in [0.25, 0.3) is 0 Å². The van der Waals surface area contributed by atoms with E-state index in [1.54, 1.807) is 0 Å². The summed E-state index contributed by atoms with van der Waals surface area (Å²) in [4.78, 5) is 6.88. The van der Waals surface area contributed by atoms with Crippen LogP contribution in [-0.2, 0) is 6.54 Å². The maximum atomic E-state index is 10.1. The molecule has 4 nitrogen and oxygen atoms in total. The minimum atomic E-state index is -0.544. The number of pyridine rings is 1. The number of fused-ring (bicyclic) bond motifs is 1. The zero-order valence-corrected chi connectivity index (χ0v) is 10.7. The van der Waals surface area contributed by atoms with Crippen LogP contribution in [0.5, 0.6) is 0 Å². The molecule has 1 unspecified atom stereocenters. The van der Waals surface area contributed by atoms with Crippen LogP contribution in [0.15, 0.2) is 30.6 Å². The van der Waals surface area contributed by atoms with Crippen molar-refractivity contribution in [2.24, 2.45) is 0 Å². The van der Waals surface area contributed by atoms with Crippen molar-refractivity contribution in [1.82, 2.24) is 14.3 Å². The lowest BCUT2D eigenvalue weighted by Gasteiger charge is -2.36. The smallest absolute Gasteiger partial charge is 0.137 e. The summed E-state index contributed by atoms with van der Waals surface area (Å²) in [7, 11) is 0. The molecular formula is C14H19N3O. The minimum Gasteiger partial charge on any atom is -0.389 e. The average Bonchev–Trinajstić information content (AvgIpc) is 2.69. The SMILES string of the molecule is CC1(O)CCCN(Cc2cn3ccccc3n2)C1. The van der Waals surface area contributed by atoms with Crippen LogP contribution in [-0.4, -0.2) is 38.1 Å². The number of hydrogen-bond acceptors (Lipinski definition) is 3. The number of β-amino-alcohol motifs (C(OH)–C–C–N with tert-alkyl or cyclic N) is 1. The van der Waals surface area contributed by atoms with E-state index < -0.39 is 5.60 Å². The normalized spacial score (nSPS) is 25.7. The van der Waals surface area contributed by atoms with Gasteiger partial charge >= 0.3 is 0 Å². The first-order chi connectivity index (χ1) is 8.62. The summed E-state index contributed by atoms with van der Waals surface area (Å²) >= 11 is 0. The summed E-state index contributed by atoms with van der Waals surface area (Å²) in [5.41, 5.74) is 1.51. The molecule has 2 aromatic heterocycles. The van der Waals surface area contributed by atoms with E-state index in [1.165, 1.54) is 0 Å². The highest BCUT2D eigenvalue weighted by Gasteiger charge is 2.28. The number of rotatable bonds is 2. The van der Waals surface area contributed by atoms with E-state index in [9.17, 15) is 5.11 Å². The summed E-state index contributed by atoms with van der Waals surface area (Å²) in [5.74, 6) is 0. The Morgan fingerprint density at radius 2 is 2.33 bits per heavy atom. The molecule has 1 N–H and O–H groups in total. The van der Waals surface area contributed by atoms with Gasteiger partial charge in [-0.2, -0.15) is 0 Å². The molecule has 0 radical (unpaired) electrons. The van der Waals surface area contributed by atoms with Crippen LogP contribution in [0.2, 0.25) is 0 Å². The molecule has 0 saturated carbocycles. The molecule has 1 atom stereocenters. The van der Waals surface area contributed by atoms with Gasteiger partial charge in [-0.15, -0.1) is 0 Å². The Hall–Kier alpha value is -1.39. The van der Waals surface area contributed by atoms with Crippen LogP contribution < -0.4 is 0 Å². The van der Waals surface area contributed by atoms with Crippen LogP contribution in [0.4, 0.5) is 0 Å². The summed E-state index contributed by atoms with van der Waals surface area (Å²) in [6.07, 6.45) is 6.03. The Bertz CT molecular complexity index is 514. The van der Waals surface area contributed by atoms with E-state index >= 15 is 0 Å². The molecule has 1 saturated heterocycles. The van der Waals surface area contributed by atoms with Crippen molar-refractivity contribution in [3.63, 3.8) is 0 Å². The number of likely N-dealkylation sites (tertiary alicyclic amines) is 1. The molecule has 1 fully saturated rings. The third kappa shape index (κ3) is 2.40. The van der Waals surface area contributed by atoms with Crippen molar-refractivity contribution in [1.29, 1.82) is 0 Å². The molecule has 2 aromatic rings. The Kier molecular flexibility index (Phi) is 2.84. The molecule has 0 amide bonds. The molecule has 3 rings (SSSR count). The van der Waals surface area contributed by atoms with Gasteiger partial charge in [0.2, 0.25) is 0 Å². The topological polar surface area (TPSA) is 40.8 Å². The van der Waals surface area contributed by atoms with E-state index in [2.05, 4.69) is 16.1 Å². The van der Waals surface area contributed by atoms with Crippen LogP contribution in [0.1, 0.15) is 25.5 Å². The molecule has 0 aromatic carbocycles. The van der Waals surface area contributed by atoms with Gasteiger partial charge in [0, 0.05) is 25.5 Å². The molecule has 1 aliphatic heterocycles. The maximum Gasteiger partial charge on any atom is 0.137 e. The van der Waals surface area contributed by atoms with Crippen molar-refractivity contribution >= 4 is 5.65 Å². The Morgan fingerprint density at radius 3 is 3.11 bits per heavy atom. The molecule has 4 heteroatoms. The first-order valence-corrected chi connectivity index (χ1v) is 6.50. The molecule has 0 spiro atoms. The second-order valence-electron chi connectivity index (χ2n) is 5.51. The second-order valence-corrected chi connectivity index (χ2v) is 5.51. The largest absolute Gasteiger partial charge is 0.389 e. The van der Waals surface area contributed by atoms with E-state index in [0.29, 0.717) is 0 Å². The predicted molar refractivity (Wildman–Crippen MR) is 70.3 cm³/mol. The first kappa shape index (κ1) is 11.7. The lowest BCUT2D eigenvalue weighted by molar-refractivity contribution is -0.0184. The third-order valence-electron chi connectivity index (χ3n) is 3.55. The molecule has 3 heterocycles. The van der Waals surface area contributed by atoms with Crippen molar-refractivity contribution in [2.75, 3.05) is 13.1 Å². The van der Waals surface area contributed by atoms with Gasteiger partial charge in [-0.1, -0.05) is 6.07 Å². The van der Waals surface area contributed by atoms with Crippen LogP contribution in [0.3, 0.4) is 0 Å². The van der Waals surface area contributed by atoms with E-state index in [4.69, 9.17) is 0 Å². The molecular weight excluding hydrogens is 226 g/mol. The average molecular weight is 245 g/mol. The van der Waals surface area contributed by atoms with Gasteiger partial charge in [0.05, 0.1) is 11.3 Å². The quantitative estimate of drug-likeness (QED) is 0.875. The summed E-state index contributed by atoms with van der Waals surface area (Å²) in [5, 5.41) is 10.1. The van der Waals surface area contributed by atoms with E-state index in [1.807, 2.05) is 35.7 Å². The number of aliphatic hydroxyl groups is 1. The fourth-order valence-corrected chi connectivity index (χ4v) is 2.75. The van der Waals surface area contributed by atoms with E-state index in [0.717, 1.165) is 43.8 Å². The van der Waals surface area contributed by atoms with E-state index in [-0.39, 0.29) is 0 Å². The van der Waals surface area contributed by atoms with Gasteiger partial charge in [0.1, 0.15) is 5.65 Å². The zero-order chi connectivity index (χ0) is 12.6. The molecule has 1 aliphatic rings. The van der Waals surface area contributed by atoms with Gasteiger partial charge in [-0.05, 0) is 38.4 Å². The van der Waals surface area contributed by atoms with Crippen molar-refractivity contribution in [3.8, 4) is 0 Å². The van der Waals surface area contributed by atoms with Gasteiger partial charge in [-0.25, -0.2) is 4.98 Å².